The zero-order valence-electron chi connectivity index (χ0n) is 11.9. The van der Waals surface area contributed by atoms with Gasteiger partial charge in [0.1, 0.15) is 5.82 Å². The van der Waals surface area contributed by atoms with E-state index in [4.69, 9.17) is 5.11 Å². The van der Waals surface area contributed by atoms with Crippen molar-refractivity contribution >= 4 is 18.0 Å². The molecule has 1 N–H and O–H groups in total. The van der Waals surface area contributed by atoms with Crippen LogP contribution in [-0.4, -0.2) is 34.5 Å². The van der Waals surface area contributed by atoms with Gasteiger partial charge in [-0.05, 0) is 43.0 Å². The molecule has 0 atom stereocenters. The van der Waals surface area contributed by atoms with Gasteiger partial charge in [0.25, 0.3) is 5.91 Å². The molecule has 0 aromatic heterocycles. The van der Waals surface area contributed by atoms with Gasteiger partial charge < -0.3 is 10.0 Å². The Morgan fingerprint density at radius 1 is 1.43 bits per heavy atom. The van der Waals surface area contributed by atoms with Crippen LogP contribution in [0.2, 0.25) is 0 Å². The third kappa shape index (κ3) is 3.90. The summed E-state index contributed by atoms with van der Waals surface area (Å²) in [4.78, 5) is 24.6. The Morgan fingerprint density at radius 3 is 2.67 bits per heavy atom. The Labute approximate surface area is 122 Å². The van der Waals surface area contributed by atoms with Crippen LogP contribution in [-0.2, 0) is 4.79 Å². The molecule has 1 amide bonds. The van der Waals surface area contributed by atoms with Gasteiger partial charge in [-0.25, -0.2) is 9.18 Å². The van der Waals surface area contributed by atoms with Crippen LogP contribution in [0.5, 0.6) is 0 Å². The lowest BCUT2D eigenvalue weighted by molar-refractivity contribution is -0.131. The molecule has 0 unspecified atom stereocenters. The molecule has 4 nitrogen and oxygen atoms in total. The summed E-state index contributed by atoms with van der Waals surface area (Å²) < 4.78 is 14.1. The van der Waals surface area contributed by atoms with Gasteiger partial charge in [0.15, 0.2) is 0 Å². The first kappa shape index (κ1) is 15.2. The fourth-order valence-corrected chi connectivity index (χ4v) is 2.21. The van der Waals surface area contributed by atoms with Crippen LogP contribution in [0.3, 0.4) is 0 Å². The Morgan fingerprint density at radius 2 is 2.14 bits per heavy atom. The Hall–Kier alpha value is -2.17. The maximum absolute atomic E-state index is 14.1. The number of aliphatic carboxylic acids is 1. The molecule has 1 aliphatic rings. The lowest BCUT2D eigenvalue weighted by Gasteiger charge is -2.22. The molecule has 21 heavy (non-hydrogen) atoms. The summed E-state index contributed by atoms with van der Waals surface area (Å²) >= 11 is 0. The van der Waals surface area contributed by atoms with Gasteiger partial charge in [-0.15, -0.1) is 0 Å². The Kier molecular flexibility index (Phi) is 4.73. The molecule has 0 saturated heterocycles. The van der Waals surface area contributed by atoms with E-state index >= 15 is 0 Å². The minimum atomic E-state index is -1.10. The summed E-state index contributed by atoms with van der Waals surface area (Å²) in [7, 11) is 0. The summed E-state index contributed by atoms with van der Waals surface area (Å²) in [5.41, 5.74) is 0.461. The lowest BCUT2D eigenvalue weighted by Crippen LogP contribution is -2.34. The van der Waals surface area contributed by atoms with Gasteiger partial charge in [0.2, 0.25) is 0 Å². The monoisotopic (exact) mass is 291 g/mol. The molecule has 0 spiro atoms. The quantitative estimate of drug-likeness (QED) is 0.820. The molecule has 1 aromatic rings. The highest BCUT2D eigenvalue weighted by atomic mass is 19.1. The molecule has 0 aliphatic heterocycles. The van der Waals surface area contributed by atoms with Crippen LogP contribution in [0.25, 0.3) is 6.08 Å². The number of benzene rings is 1. The van der Waals surface area contributed by atoms with Crippen molar-refractivity contribution in [2.75, 3.05) is 6.54 Å². The molecular formula is C16H18FNO3. The Bertz CT molecular complexity index is 579. The minimum Gasteiger partial charge on any atom is -0.478 e. The highest BCUT2D eigenvalue weighted by Crippen LogP contribution is 2.29. The van der Waals surface area contributed by atoms with Crippen LogP contribution in [0, 0.1) is 5.82 Å². The van der Waals surface area contributed by atoms with Gasteiger partial charge in [-0.3, -0.25) is 4.79 Å². The van der Waals surface area contributed by atoms with E-state index in [0.29, 0.717) is 12.1 Å². The van der Waals surface area contributed by atoms with Crippen LogP contribution >= 0.6 is 0 Å². The number of carbonyl (C=O) groups is 2. The van der Waals surface area contributed by atoms with E-state index in [9.17, 15) is 14.0 Å². The topological polar surface area (TPSA) is 57.6 Å². The molecule has 0 heterocycles. The second kappa shape index (κ2) is 6.52. The summed E-state index contributed by atoms with van der Waals surface area (Å²) in [6, 6.07) is 4.39. The lowest BCUT2D eigenvalue weighted by atomic mass is 10.1. The zero-order chi connectivity index (χ0) is 15.4. The van der Waals surface area contributed by atoms with Crippen molar-refractivity contribution in [1.82, 2.24) is 4.90 Å². The van der Waals surface area contributed by atoms with Crippen LogP contribution in [0.1, 0.15) is 42.1 Å². The predicted octanol–water partition coefficient (Wildman–Crippen LogP) is 2.94. The van der Waals surface area contributed by atoms with Crippen molar-refractivity contribution in [2.45, 2.75) is 32.2 Å². The van der Waals surface area contributed by atoms with Crippen LogP contribution in [0.4, 0.5) is 4.39 Å². The molecule has 112 valence electrons. The third-order valence-electron chi connectivity index (χ3n) is 3.35. The highest BCUT2D eigenvalue weighted by molar-refractivity contribution is 5.95. The van der Waals surface area contributed by atoms with E-state index in [0.717, 1.165) is 25.3 Å². The summed E-state index contributed by atoms with van der Waals surface area (Å²) in [6.07, 6.45) is 5.02. The van der Waals surface area contributed by atoms with Crippen molar-refractivity contribution < 1.29 is 19.1 Å². The second-order valence-corrected chi connectivity index (χ2v) is 5.14. The van der Waals surface area contributed by atoms with E-state index in [2.05, 4.69) is 0 Å². The number of carboxylic acids is 1. The van der Waals surface area contributed by atoms with E-state index < -0.39 is 11.8 Å². The largest absolute Gasteiger partial charge is 0.478 e. The van der Waals surface area contributed by atoms with E-state index in [-0.39, 0.29) is 17.5 Å². The number of rotatable bonds is 6. The SMILES string of the molecule is CCCN(C(=O)c1ccc(C=CC(=O)O)cc1F)C1CC1. The summed E-state index contributed by atoms with van der Waals surface area (Å²) in [6.45, 7) is 2.61. The van der Waals surface area contributed by atoms with Crippen molar-refractivity contribution in [1.29, 1.82) is 0 Å². The molecule has 1 aliphatic carbocycles. The maximum Gasteiger partial charge on any atom is 0.328 e. The molecule has 5 heteroatoms. The van der Waals surface area contributed by atoms with Crippen LogP contribution < -0.4 is 0 Å². The minimum absolute atomic E-state index is 0.0443. The van der Waals surface area contributed by atoms with Gasteiger partial charge in [-0.1, -0.05) is 13.0 Å². The first-order valence-corrected chi connectivity index (χ1v) is 7.04. The number of amides is 1. The van der Waals surface area contributed by atoms with E-state index in [1.165, 1.54) is 18.2 Å². The van der Waals surface area contributed by atoms with Gasteiger partial charge in [0.05, 0.1) is 5.56 Å². The summed E-state index contributed by atoms with van der Waals surface area (Å²) in [5, 5.41) is 8.55. The first-order valence-electron chi connectivity index (χ1n) is 7.04. The fourth-order valence-electron chi connectivity index (χ4n) is 2.21. The van der Waals surface area contributed by atoms with E-state index in [1.54, 1.807) is 11.0 Å². The number of nitrogens with zero attached hydrogens (tertiary/aromatic N) is 1. The molecule has 0 bridgehead atoms. The smallest absolute Gasteiger partial charge is 0.328 e. The van der Waals surface area contributed by atoms with Gasteiger partial charge in [0, 0.05) is 18.7 Å². The zero-order valence-corrected chi connectivity index (χ0v) is 11.9. The number of hydrogen-bond acceptors (Lipinski definition) is 2. The first-order chi connectivity index (χ1) is 10.0. The van der Waals surface area contributed by atoms with Crippen molar-refractivity contribution in [3.8, 4) is 0 Å². The standard InChI is InChI=1S/C16H18FNO3/c1-2-9-18(12-5-6-12)16(21)13-7-3-11(10-14(13)17)4-8-15(19)20/h3-4,7-8,10,12H,2,5-6,9H2,1H3,(H,19,20). The molecular weight excluding hydrogens is 273 g/mol. The number of halogens is 1. The van der Waals surface area contributed by atoms with Gasteiger partial charge >= 0.3 is 5.97 Å². The molecule has 1 aromatic carbocycles. The highest BCUT2D eigenvalue weighted by Gasteiger charge is 2.33. The maximum atomic E-state index is 14.1. The summed E-state index contributed by atoms with van der Waals surface area (Å²) in [5.74, 6) is -2.00. The predicted molar refractivity (Wildman–Crippen MR) is 77.4 cm³/mol. The fraction of sp³-hybridized carbons (Fsp3) is 0.375. The number of hydrogen-bond donors (Lipinski definition) is 1. The molecule has 1 saturated carbocycles. The van der Waals surface area contributed by atoms with E-state index in [1.807, 2.05) is 6.92 Å². The van der Waals surface area contributed by atoms with Crippen molar-refractivity contribution in [3.63, 3.8) is 0 Å². The number of carboxylic acid groups (broad SMARTS) is 1. The average Bonchev–Trinajstić information content (AvgIpc) is 3.26. The molecule has 2 rings (SSSR count). The second-order valence-electron chi connectivity index (χ2n) is 5.14. The van der Waals surface area contributed by atoms with Crippen LogP contribution in [0.15, 0.2) is 24.3 Å². The molecule has 1 fully saturated rings. The normalized spacial score (nSPS) is 14.4. The Balaban J connectivity index is 2.19. The third-order valence-corrected chi connectivity index (χ3v) is 3.35. The van der Waals surface area contributed by atoms with Crippen molar-refractivity contribution in [3.05, 3.63) is 41.2 Å². The molecule has 0 radical (unpaired) electrons. The number of carbonyl (C=O) groups excluding carboxylic acids is 1. The van der Waals surface area contributed by atoms with Gasteiger partial charge in [-0.2, -0.15) is 0 Å². The average molecular weight is 291 g/mol. The van der Waals surface area contributed by atoms with Crippen molar-refractivity contribution in [2.24, 2.45) is 0 Å².